The van der Waals surface area contributed by atoms with E-state index in [2.05, 4.69) is 11.9 Å². The van der Waals surface area contributed by atoms with Gasteiger partial charge in [0, 0.05) is 30.0 Å². The third-order valence-corrected chi connectivity index (χ3v) is 7.50. The molecule has 1 aliphatic rings. The van der Waals surface area contributed by atoms with Crippen LogP contribution in [0.5, 0.6) is 0 Å². The van der Waals surface area contributed by atoms with Crippen LogP contribution in [0.15, 0.2) is 85.5 Å². The molecule has 0 spiro atoms. The molecule has 0 bridgehead atoms. The number of hydrogen-bond acceptors (Lipinski definition) is 7. The number of ether oxygens (including phenoxy) is 3. The Morgan fingerprint density at radius 3 is 2.49 bits per heavy atom. The molecule has 39 heavy (non-hydrogen) atoms. The molecular formula is C31H35NO6S. The summed E-state index contributed by atoms with van der Waals surface area (Å²) in [7, 11) is 0. The van der Waals surface area contributed by atoms with Crippen molar-refractivity contribution in [1.29, 1.82) is 0 Å². The fourth-order valence-electron chi connectivity index (χ4n) is 4.43. The molecule has 0 saturated carbocycles. The fourth-order valence-corrected chi connectivity index (χ4v) is 5.20. The summed E-state index contributed by atoms with van der Waals surface area (Å²) >= 11 is 1.67. The Labute approximate surface area is 233 Å². The second-order valence-electron chi connectivity index (χ2n) is 9.17. The van der Waals surface area contributed by atoms with E-state index in [9.17, 15) is 15.0 Å². The van der Waals surface area contributed by atoms with Gasteiger partial charge in [0.1, 0.15) is 6.61 Å². The van der Waals surface area contributed by atoms with Crippen molar-refractivity contribution in [2.45, 2.75) is 38.1 Å². The average molecular weight is 550 g/mol. The van der Waals surface area contributed by atoms with Gasteiger partial charge in [0.25, 0.3) is 0 Å². The third-order valence-electron chi connectivity index (χ3n) is 6.42. The van der Waals surface area contributed by atoms with Gasteiger partial charge in [-0.1, -0.05) is 85.5 Å². The van der Waals surface area contributed by atoms with E-state index in [0.29, 0.717) is 18.7 Å². The smallest absolute Gasteiger partial charge is 0.407 e. The zero-order valence-electron chi connectivity index (χ0n) is 21.8. The van der Waals surface area contributed by atoms with Gasteiger partial charge >= 0.3 is 6.09 Å². The number of hydrogen-bond donors (Lipinski definition) is 3. The van der Waals surface area contributed by atoms with E-state index in [4.69, 9.17) is 14.2 Å². The van der Waals surface area contributed by atoms with Gasteiger partial charge in [0.05, 0.1) is 25.4 Å². The molecule has 1 heterocycles. The highest BCUT2D eigenvalue weighted by molar-refractivity contribution is 7.99. The minimum atomic E-state index is -0.536. The van der Waals surface area contributed by atoms with Crippen molar-refractivity contribution in [3.8, 4) is 11.1 Å². The molecular weight excluding hydrogens is 514 g/mol. The summed E-state index contributed by atoms with van der Waals surface area (Å²) in [6.07, 6.45) is 1.03. The molecule has 0 aromatic heterocycles. The molecule has 3 aromatic carbocycles. The van der Waals surface area contributed by atoms with E-state index >= 15 is 0 Å². The molecule has 1 aliphatic heterocycles. The van der Waals surface area contributed by atoms with Gasteiger partial charge in [0.15, 0.2) is 6.29 Å². The predicted molar refractivity (Wildman–Crippen MR) is 153 cm³/mol. The maximum atomic E-state index is 11.9. The van der Waals surface area contributed by atoms with Crippen LogP contribution in [-0.2, 0) is 27.4 Å². The molecule has 206 valence electrons. The molecule has 1 amide bonds. The van der Waals surface area contributed by atoms with Crippen molar-refractivity contribution in [2.24, 2.45) is 0 Å². The molecule has 0 aliphatic carbocycles. The predicted octanol–water partition coefficient (Wildman–Crippen LogP) is 5.53. The molecule has 3 aromatic rings. The van der Waals surface area contributed by atoms with Crippen LogP contribution in [0.4, 0.5) is 4.79 Å². The fraction of sp³-hybridized carbons (Fsp3) is 0.323. The van der Waals surface area contributed by atoms with Crippen molar-refractivity contribution >= 4 is 17.9 Å². The van der Waals surface area contributed by atoms with Crippen LogP contribution in [0.2, 0.25) is 0 Å². The highest BCUT2D eigenvalue weighted by Gasteiger charge is 2.32. The van der Waals surface area contributed by atoms with Crippen LogP contribution in [0.1, 0.15) is 41.1 Å². The van der Waals surface area contributed by atoms with Crippen LogP contribution < -0.4 is 5.32 Å². The van der Waals surface area contributed by atoms with E-state index in [-0.39, 0.29) is 32.0 Å². The molecule has 1 fully saturated rings. The van der Waals surface area contributed by atoms with E-state index in [1.54, 1.807) is 11.8 Å². The lowest BCUT2D eigenvalue weighted by molar-refractivity contribution is -0.245. The van der Waals surface area contributed by atoms with Crippen molar-refractivity contribution < 1.29 is 29.2 Å². The lowest BCUT2D eigenvalue weighted by Gasteiger charge is -2.36. The van der Waals surface area contributed by atoms with Gasteiger partial charge in [-0.05, 0) is 27.8 Å². The third kappa shape index (κ3) is 8.17. The Morgan fingerprint density at radius 1 is 1.03 bits per heavy atom. The van der Waals surface area contributed by atoms with Crippen LogP contribution in [-0.4, -0.2) is 47.1 Å². The number of alkyl carbamates (subject to hydrolysis) is 1. The number of carbonyl (C=O) groups excluding carboxylic acids is 1. The number of aliphatic hydroxyl groups is 2. The quantitative estimate of drug-likeness (QED) is 0.202. The van der Waals surface area contributed by atoms with Crippen LogP contribution in [0.3, 0.4) is 0 Å². The molecule has 1 saturated heterocycles. The summed E-state index contributed by atoms with van der Waals surface area (Å²) in [5.74, 6) is 1.43. The monoisotopic (exact) mass is 549 g/mol. The topological polar surface area (TPSA) is 97.3 Å². The number of thioether (sulfide) groups is 1. The standard InChI is InChI=1S/C31H35NO6S/c1-2-16-36-31(35)32-19-26-5-3-4-6-28(26)23-11-13-25(14-12-23)30-37-27(21-39-17-15-33)18-29(38-30)24-9-7-22(20-34)8-10-24/h2-14,27,29-30,33-34H,1,15-21H2,(H,32,35)/t27-,29+,30+/m1/s1. The van der Waals surface area contributed by atoms with Crippen molar-refractivity contribution in [1.82, 2.24) is 5.32 Å². The van der Waals surface area contributed by atoms with Crippen molar-refractivity contribution in [3.63, 3.8) is 0 Å². The first-order valence-electron chi connectivity index (χ1n) is 13.0. The molecule has 8 heteroatoms. The number of amides is 1. The average Bonchev–Trinajstić information content (AvgIpc) is 2.99. The SMILES string of the molecule is C=CCOC(=O)NCc1ccccc1-c1ccc([C@H]2O[C@@H](CSCCO)C[C@@H](c3ccc(CO)cc3)O2)cc1. The lowest BCUT2D eigenvalue weighted by Crippen LogP contribution is -2.31. The van der Waals surface area contributed by atoms with Crippen molar-refractivity contribution in [2.75, 3.05) is 24.7 Å². The summed E-state index contributed by atoms with van der Waals surface area (Å²) < 4.78 is 17.8. The highest BCUT2D eigenvalue weighted by Crippen LogP contribution is 2.39. The normalized spacial score (nSPS) is 18.9. The zero-order valence-corrected chi connectivity index (χ0v) is 22.6. The molecule has 3 N–H and O–H groups in total. The van der Waals surface area contributed by atoms with Crippen LogP contribution in [0.25, 0.3) is 11.1 Å². The first-order valence-corrected chi connectivity index (χ1v) is 14.2. The second kappa shape index (κ2) is 14.9. The van der Waals surface area contributed by atoms with Gasteiger partial charge in [-0.3, -0.25) is 0 Å². The Kier molecular flexibility index (Phi) is 11.0. The molecule has 7 nitrogen and oxygen atoms in total. The molecule has 0 unspecified atom stereocenters. The van der Waals surface area contributed by atoms with Gasteiger partial charge in [-0.2, -0.15) is 11.8 Å². The lowest BCUT2D eigenvalue weighted by atomic mass is 9.98. The van der Waals surface area contributed by atoms with Crippen LogP contribution in [0, 0.1) is 0 Å². The minimum absolute atomic E-state index is 0.00288. The van der Waals surface area contributed by atoms with E-state index < -0.39 is 12.4 Å². The summed E-state index contributed by atoms with van der Waals surface area (Å²) in [6.45, 7) is 4.19. The second-order valence-corrected chi connectivity index (χ2v) is 10.3. The minimum Gasteiger partial charge on any atom is -0.445 e. The zero-order chi connectivity index (χ0) is 27.5. The Morgan fingerprint density at radius 2 is 1.77 bits per heavy atom. The number of nitrogens with one attached hydrogen (secondary N) is 1. The summed E-state index contributed by atoms with van der Waals surface area (Å²) in [4.78, 5) is 11.9. The number of rotatable bonds is 12. The molecule has 3 atom stereocenters. The Bertz CT molecular complexity index is 1200. The largest absolute Gasteiger partial charge is 0.445 e. The summed E-state index contributed by atoms with van der Waals surface area (Å²) in [6, 6.07) is 23.8. The van der Waals surface area contributed by atoms with Gasteiger partial charge in [-0.25, -0.2) is 4.79 Å². The maximum Gasteiger partial charge on any atom is 0.407 e. The summed E-state index contributed by atoms with van der Waals surface area (Å²) in [5.41, 5.74) is 5.81. The van der Waals surface area contributed by atoms with Gasteiger partial charge < -0.3 is 29.7 Å². The van der Waals surface area contributed by atoms with Gasteiger partial charge in [0.2, 0.25) is 0 Å². The Hall–Kier alpha value is -3.14. The molecule has 0 radical (unpaired) electrons. The van der Waals surface area contributed by atoms with Crippen molar-refractivity contribution in [3.05, 3.63) is 108 Å². The van der Waals surface area contributed by atoms with E-state index in [1.165, 1.54) is 6.08 Å². The summed E-state index contributed by atoms with van der Waals surface area (Å²) in [5, 5.41) is 21.4. The first-order chi connectivity index (χ1) is 19.1. The number of aliphatic hydroxyl groups excluding tert-OH is 2. The van der Waals surface area contributed by atoms with E-state index in [0.717, 1.165) is 39.1 Å². The van der Waals surface area contributed by atoms with Crippen LogP contribution >= 0.6 is 11.8 Å². The maximum absolute atomic E-state index is 11.9. The first kappa shape index (κ1) is 28.9. The highest BCUT2D eigenvalue weighted by atomic mass is 32.2. The van der Waals surface area contributed by atoms with E-state index in [1.807, 2.05) is 72.8 Å². The Balaban J connectivity index is 1.49. The van der Waals surface area contributed by atoms with Gasteiger partial charge in [-0.15, -0.1) is 0 Å². The number of carbonyl (C=O) groups is 1. The molecule has 4 rings (SSSR count). The number of benzene rings is 3.